The zero-order chi connectivity index (χ0) is 16.0. The summed E-state index contributed by atoms with van der Waals surface area (Å²) in [5, 5.41) is 13.8. The Morgan fingerprint density at radius 1 is 1.48 bits per heavy atom. The molecule has 0 aromatic rings. The van der Waals surface area contributed by atoms with Crippen LogP contribution in [0.1, 0.15) is 13.8 Å². The summed E-state index contributed by atoms with van der Waals surface area (Å²) >= 11 is 1.94. The van der Waals surface area contributed by atoms with Crippen LogP contribution in [0.15, 0.2) is 5.11 Å². The normalized spacial score (nSPS) is 31.9. The van der Waals surface area contributed by atoms with Gasteiger partial charge in [-0.1, -0.05) is 14.0 Å². The first-order chi connectivity index (χ1) is 9.90. The Balaban J connectivity index is 2.95. The van der Waals surface area contributed by atoms with Crippen molar-refractivity contribution in [3.05, 3.63) is 10.4 Å². The third-order valence-electron chi connectivity index (χ3n) is 2.67. The van der Waals surface area contributed by atoms with Crippen molar-refractivity contribution in [3.8, 4) is 0 Å². The predicted molar refractivity (Wildman–Crippen MR) is 81.4 cm³/mol. The van der Waals surface area contributed by atoms with E-state index in [9.17, 15) is 14.7 Å². The second-order valence-corrected chi connectivity index (χ2v) is 6.36. The molecule has 0 aromatic heterocycles. The molecule has 1 rings (SSSR count). The summed E-state index contributed by atoms with van der Waals surface area (Å²) in [6.07, 6.45) is -3.19. The molecule has 0 radical (unpaired) electrons. The molecule has 1 saturated heterocycles. The van der Waals surface area contributed by atoms with Gasteiger partial charge in [-0.15, -0.1) is 0 Å². The first-order valence-corrected chi connectivity index (χ1v) is 9.28. The van der Waals surface area contributed by atoms with E-state index in [4.69, 9.17) is 19.7 Å². The molecule has 0 aliphatic carbocycles. The summed E-state index contributed by atoms with van der Waals surface area (Å²) in [5.41, 5.74) is 7.91. The van der Waals surface area contributed by atoms with Gasteiger partial charge in [0.15, 0.2) is 6.10 Å². The van der Waals surface area contributed by atoms with Crippen LogP contribution in [0.2, 0.25) is 0 Å². The lowest BCUT2D eigenvalue weighted by atomic mass is 9.98. The number of aliphatic hydroxyl groups excluding tert-OH is 1. The van der Waals surface area contributed by atoms with Crippen LogP contribution in [-0.4, -0.2) is 53.4 Å². The van der Waals surface area contributed by atoms with E-state index >= 15 is 0 Å². The lowest BCUT2D eigenvalue weighted by Gasteiger charge is -2.41. The topological polar surface area (TPSA) is 131 Å². The zero-order valence-corrected chi connectivity index (χ0v) is 14.2. The number of hydrogen-bond donors (Lipinski definition) is 1. The van der Waals surface area contributed by atoms with Crippen molar-refractivity contribution in [1.29, 1.82) is 0 Å². The summed E-state index contributed by atoms with van der Waals surface area (Å²) in [6.45, 7) is 2.23. The fourth-order valence-corrected chi connectivity index (χ4v) is 3.60. The predicted octanol–water partition coefficient (Wildman–Crippen LogP) is 1.33. The van der Waals surface area contributed by atoms with Gasteiger partial charge in [-0.3, -0.25) is 9.59 Å². The monoisotopic (exact) mass is 431 g/mol. The summed E-state index contributed by atoms with van der Waals surface area (Å²) in [6, 6.07) is -0.921. The fourth-order valence-electron chi connectivity index (χ4n) is 1.83. The molecule has 0 spiro atoms. The van der Waals surface area contributed by atoms with Crippen molar-refractivity contribution in [2.75, 3.05) is 6.61 Å². The van der Waals surface area contributed by atoms with Crippen LogP contribution < -0.4 is 0 Å². The molecule has 1 N–H and O–H groups in total. The second-order valence-electron chi connectivity index (χ2n) is 4.19. The molecule has 1 aliphatic heterocycles. The standard InChI is InChI=1S/C10H14IN3O6S/c1-4(15)18-3-6-9(19-5(2)16)8(17)7(13-14-12)10(20-6)21-11/h6-10,17H,3H2,1-2H3/t6?,7?,8?,9-,10+/m1/s1. The summed E-state index contributed by atoms with van der Waals surface area (Å²) in [7, 11) is 1.20. The maximum absolute atomic E-state index is 11.2. The Labute approximate surface area is 136 Å². The molecule has 3 unspecified atom stereocenters. The number of hydrogen-bond acceptors (Lipinski definition) is 8. The van der Waals surface area contributed by atoms with Gasteiger partial charge in [0.2, 0.25) is 0 Å². The molecular formula is C10H14IN3O6S. The molecule has 118 valence electrons. The minimum Gasteiger partial charge on any atom is -0.463 e. The Morgan fingerprint density at radius 2 is 2.14 bits per heavy atom. The van der Waals surface area contributed by atoms with Crippen LogP contribution in [-0.2, 0) is 23.8 Å². The molecule has 0 amide bonds. The van der Waals surface area contributed by atoms with E-state index in [-0.39, 0.29) is 6.61 Å². The van der Waals surface area contributed by atoms with E-state index in [1.807, 2.05) is 21.2 Å². The van der Waals surface area contributed by atoms with Gasteiger partial charge < -0.3 is 19.3 Å². The van der Waals surface area contributed by atoms with Gasteiger partial charge in [0.25, 0.3) is 0 Å². The first kappa shape index (κ1) is 18.3. The molecule has 1 aliphatic rings. The van der Waals surface area contributed by atoms with E-state index in [0.717, 1.165) is 0 Å². The third kappa shape index (κ3) is 5.18. The van der Waals surface area contributed by atoms with Crippen LogP contribution in [0.25, 0.3) is 10.4 Å². The van der Waals surface area contributed by atoms with Crippen molar-refractivity contribution in [2.24, 2.45) is 5.11 Å². The molecule has 0 bridgehead atoms. The van der Waals surface area contributed by atoms with E-state index in [0.29, 0.717) is 0 Å². The highest BCUT2D eigenvalue weighted by Crippen LogP contribution is 2.35. The van der Waals surface area contributed by atoms with Gasteiger partial charge in [0.1, 0.15) is 30.3 Å². The van der Waals surface area contributed by atoms with Crippen molar-refractivity contribution in [3.63, 3.8) is 0 Å². The number of azide groups is 1. The van der Waals surface area contributed by atoms with Crippen LogP contribution in [0.4, 0.5) is 0 Å². The average Bonchev–Trinajstić information content (AvgIpc) is 2.41. The SMILES string of the molecule is CC(=O)OCC1O[C@@H](SI)C(N=[N+]=[N-])C(O)[C@@H]1OC(C)=O. The lowest BCUT2D eigenvalue weighted by molar-refractivity contribution is -0.198. The number of ether oxygens (including phenoxy) is 3. The summed E-state index contributed by atoms with van der Waals surface area (Å²) < 4.78 is 15.5. The van der Waals surface area contributed by atoms with Gasteiger partial charge in [-0.2, -0.15) is 0 Å². The van der Waals surface area contributed by atoms with E-state index in [1.165, 1.54) is 22.8 Å². The van der Waals surface area contributed by atoms with Crippen LogP contribution in [0, 0.1) is 0 Å². The largest absolute Gasteiger partial charge is 0.463 e. The third-order valence-corrected chi connectivity index (χ3v) is 4.74. The average molecular weight is 431 g/mol. The lowest BCUT2D eigenvalue weighted by Crippen LogP contribution is -2.58. The highest BCUT2D eigenvalue weighted by molar-refractivity contribution is 14.2. The van der Waals surface area contributed by atoms with Gasteiger partial charge in [0, 0.05) is 18.8 Å². The molecular weight excluding hydrogens is 417 g/mol. The molecule has 0 aromatic carbocycles. The summed E-state index contributed by atoms with van der Waals surface area (Å²) in [5.74, 6) is -1.15. The number of nitrogens with zero attached hydrogens (tertiary/aromatic N) is 3. The van der Waals surface area contributed by atoms with E-state index in [2.05, 4.69) is 10.0 Å². The van der Waals surface area contributed by atoms with Crippen molar-refractivity contribution >= 4 is 42.1 Å². The zero-order valence-electron chi connectivity index (χ0n) is 11.2. The molecule has 5 atom stereocenters. The molecule has 11 heteroatoms. The Hall–Kier alpha value is -0.750. The van der Waals surface area contributed by atoms with Gasteiger partial charge in [0.05, 0.1) is 0 Å². The first-order valence-electron chi connectivity index (χ1n) is 5.86. The van der Waals surface area contributed by atoms with E-state index < -0.39 is 41.7 Å². The Morgan fingerprint density at radius 3 is 2.62 bits per heavy atom. The minimum absolute atomic E-state index is 0.180. The molecule has 1 heterocycles. The van der Waals surface area contributed by atoms with Crippen LogP contribution in [0.5, 0.6) is 0 Å². The fraction of sp³-hybridized carbons (Fsp3) is 0.800. The van der Waals surface area contributed by atoms with E-state index in [1.54, 1.807) is 0 Å². The number of esters is 2. The number of rotatable bonds is 5. The highest BCUT2D eigenvalue weighted by Gasteiger charge is 2.47. The van der Waals surface area contributed by atoms with Crippen LogP contribution in [0.3, 0.4) is 0 Å². The number of aliphatic hydroxyl groups is 1. The van der Waals surface area contributed by atoms with Gasteiger partial charge >= 0.3 is 11.9 Å². The van der Waals surface area contributed by atoms with Crippen molar-refractivity contribution < 1.29 is 28.9 Å². The second kappa shape index (κ2) is 8.63. The van der Waals surface area contributed by atoms with Gasteiger partial charge in [-0.25, -0.2) is 0 Å². The Kier molecular flexibility index (Phi) is 7.52. The molecule has 9 nitrogen and oxygen atoms in total. The van der Waals surface area contributed by atoms with Gasteiger partial charge in [-0.05, 0) is 26.7 Å². The maximum atomic E-state index is 11.2. The van der Waals surface area contributed by atoms with Crippen LogP contribution >= 0.6 is 30.1 Å². The number of carbonyl (C=O) groups is 2. The molecule has 0 saturated carbocycles. The van der Waals surface area contributed by atoms with Crippen molar-refractivity contribution in [2.45, 2.75) is 43.6 Å². The Bertz CT molecular complexity index is 447. The number of halogens is 1. The molecule has 21 heavy (non-hydrogen) atoms. The maximum Gasteiger partial charge on any atom is 0.303 e. The quantitative estimate of drug-likeness (QED) is 0.228. The molecule has 1 fully saturated rings. The minimum atomic E-state index is -1.26. The summed E-state index contributed by atoms with van der Waals surface area (Å²) in [4.78, 5) is 24.7. The highest BCUT2D eigenvalue weighted by atomic mass is 127. The number of carbonyl (C=O) groups excluding carboxylic acids is 2. The smallest absolute Gasteiger partial charge is 0.303 e. The van der Waals surface area contributed by atoms with Crippen molar-refractivity contribution in [1.82, 2.24) is 0 Å².